The zero-order chi connectivity index (χ0) is 18.7. The summed E-state index contributed by atoms with van der Waals surface area (Å²) in [6.45, 7) is 0.110. The summed E-state index contributed by atoms with van der Waals surface area (Å²) in [6.07, 6.45) is 6.76. The van der Waals surface area contributed by atoms with Crippen LogP contribution in [0.5, 0.6) is 5.75 Å². The Labute approximate surface area is 164 Å². The predicted molar refractivity (Wildman–Crippen MR) is 106 cm³/mol. The molecule has 0 atom stereocenters. The molecule has 3 rings (SSSR count). The molecule has 0 spiro atoms. The molecule has 0 unspecified atom stereocenters. The van der Waals surface area contributed by atoms with Gasteiger partial charge in [-0.05, 0) is 59.8 Å². The Bertz CT molecular complexity index is 948. The number of imide groups is 1. The summed E-state index contributed by atoms with van der Waals surface area (Å²) >= 11 is 12.9. The van der Waals surface area contributed by atoms with Crippen molar-refractivity contribution in [2.45, 2.75) is 0 Å². The van der Waals surface area contributed by atoms with Gasteiger partial charge in [-0.3, -0.25) is 9.59 Å². The zero-order valence-corrected chi connectivity index (χ0v) is 15.6. The van der Waals surface area contributed by atoms with Crippen molar-refractivity contribution >= 4 is 57.9 Å². The lowest BCUT2D eigenvalue weighted by atomic mass is 10.2. The van der Waals surface area contributed by atoms with E-state index in [1.54, 1.807) is 48.5 Å². The number of carbonyl (C=O) groups is 2. The highest BCUT2D eigenvalue weighted by atomic mass is 35.5. The maximum atomic E-state index is 12.6. The number of amides is 2. The Balaban J connectivity index is 1.85. The molecule has 2 aromatic rings. The molecular formula is C19H11Cl2NO3S. The maximum Gasteiger partial charge on any atom is 0.298 e. The lowest BCUT2D eigenvalue weighted by molar-refractivity contribution is -0.113. The Morgan fingerprint density at radius 1 is 1.15 bits per heavy atom. The van der Waals surface area contributed by atoms with Gasteiger partial charge in [0, 0.05) is 5.02 Å². The van der Waals surface area contributed by atoms with Gasteiger partial charge in [-0.15, -0.1) is 6.42 Å². The maximum absolute atomic E-state index is 12.6. The molecule has 26 heavy (non-hydrogen) atoms. The second kappa shape index (κ2) is 7.88. The minimum atomic E-state index is -0.397. The van der Waals surface area contributed by atoms with E-state index in [4.69, 9.17) is 34.4 Å². The number of terminal acetylenes is 1. The van der Waals surface area contributed by atoms with Gasteiger partial charge in [-0.2, -0.15) is 0 Å². The Morgan fingerprint density at radius 3 is 2.54 bits per heavy atom. The van der Waals surface area contributed by atoms with E-state index in [1.165, 1.54) is 0 Å². The predicted octanol–water partition coefficient (Wildman–Crippen LogP) is 5.25. The molecule has 0 aliphatic carbocycles. The SMILES string of the molecule is C#CCOc1ccc(/C=C2/SC(=O)N(c3ccc(Cl)cc3)C2=O)cc1Cl. The number of halogens is 2. The molecule has 1 aliphatic rings. The third kappa shape index (κ3) is 3.88. The molecule has 2 aromatic carbocycles. The van der Waals surface area contributed by atoms with Crippen LogP contribution in [0, 0.1) is 12.3 Å². The average molecular weight is 404 g/mol. The first kappa shape index (κ1) is 18.4. The molecule has 7 heteroatoms. The molecule has 0 saturated carbocycles. The third-order valence-corrected chi connectivity index (χ3v) is 4.86. The van der Waals surface area contributed by atoms with E-state index in [0.717, 1.165) is 16.7 Å². The summed E-state index contributed by atoms with van der Waals surface area (Å²) in [5, 5.41) is 0.521. The van der Waals surface area contributed by atoms with Crippen LogP contribution in [0.25, 0.3) is 6.08 Å². The summed E-state index contributed by atoms with van der Waals surface area (Å²) in [5.41, 5.74) is 1.14. The summed E-state index contributed by atoms with van der Waals surface area (Å²) in [4.78, 5) is 26.3. The molecular weight excluding hydrogens is 393 g/mol. The number of rotatable bonds is 4. The summed E-state index contributed by atoms with van der Waals surface area (Å²) < 4.78 is 5.30. The molecule has 130 valence electrons. The largest absolute Gasteiger partial charge is 0.479 e. The van der Waals surface area contributed by atoms with Crippen LogP contribution in [0.2, 0.25) is 10.0 Å². The quantitative estimate of drug-likeness (QED) is 0.516. The lowest BCUT2D eigenvalue weighted by Gasteiger charge is -2.12. The molecule has 1 fully saturated rings. The van der Waals surface area contributed by atoms with Crippen LogP contribution >= 0.6 is 35.0 Å². The first-order valence-corrected chi connectivity index (χ1v) is 8.96. The van der Waals surface area contributed by atoms with Gasteiger partial charge in [0.1, 0.15) is 12.4 Å². The van der Waals surface area contributed by atoms with Gasteiger partial charge in [0.25, 0.3) is 11.1 Å². The zero-order valence-electron chi connectivity index (χ0n) is 13.2. The number of carbonyl (C=O) groups excluding carboxylic acids is 2. The first-order valence-electron chi connectivity index (χ1n) is 7.39. The normalized spacial score (nSPS) is 15.4. The molecule has 1 aliphatic heterocycles. The van der Waals surface area contributed by atoms with Crippen molar-refractivity contribution in [3.63, 3.8) is 0 Å². The Morgan fingerprint density at radius 2 is 1.88 bits per heavy atom. The van der Waals surface area contributed by atoms with E-state index < -0.39 is 5.91 Å². The van der Waals surface area contributed by atoms with Gasteiger partial charge in [0.05, 0.1) is 15.6 Å². The minimum Gasteiger partial charge on any atom is -0.479 e. The molecule has 0 radical (unpaired) electrons. The minimum absolute atomic E-state index is 0.110. The number of anilines is 1. The van der Waals surface area contributed by atoms with Crippen LogP contribution in [0.4, 0.5) is 10.5 Å². The van der Waals surface area contributed by atoms with E-state index in [-0.39, 0.29) is 11.8 Å². The molecule has 1 saturated heterocycles. The van der Waals surface area contributed by atoms with Gasteiger partial charge < -0.3 is 4.74 Å². The van der Waals surface area contributed by atoms with E-state index in [1.807, 2.05) is 0 Å². The second-order valence-electron chi connectivity index (χ2n) is 5.18. The van der Waals surface area contributed by atoms with E-state index >= 15 is 0 Å². The molecule has 0 N–H and O–H groups in total. The molecule has 1 heterocycles. The van der Waals surface area contributed by atoms with Crippen LogP contribution in [-0.4, -0.2) is 17.8 Å². The van der Waals surface area contributed by atoms with Crippen molar-refractivity contribution in [2.75, 3.05) is 11.5 Å². The highest BCUT2D eigenvalue weighted by molar-refractivity contribution is 8.19. The fourth-order valence-electron chi connectivity index (χ4n) is 2.28. The number of thioether (sulfide) groups is 1. The number of ether oxygens (including phenoxy) is 1. The fraction of sp³-hybridized carbons (Fsp3) is 0.0526. The van der Waals surface area contributed by atoms with Gasteiger partial charge in [-0.25, -0.2) is 4.90 Å². The van der Waals surface area contributed by atoms with Crippen LogP contribution in [0.3, 0.4) is 0 Å². The number of hydrogen-bond acceptors (Lipinski definition) is 4. The summed E-state index contributed by atoms with van der Waals surface area (Å²) in [5.74, 6) is 2.42. The summed E-state index contributed by atoms with van der Waals surface area (Å²) in [6, 6.07) is 11.5. The van der Waals surface area contributed by atoms with Crippen LogP contribution < -0.4 is 9.64 Å². The monoisotopic (exact) mass is 403 g/mol. The highest BCUT2D eigenvalue weighted by Gasteiger charge is 2.36. The Kier molecular flexibility index (Phi) is 5.58. The molecule has 4 nitrogen and oxygen atoms in total. The number of hydrogen-bond donors (Lipinski definition) is 0. The van der Waals surface area contributed by atoms with E-state index in [2.05, 4.69) is 5.92 Å². The van der Waals surface area contributed by atoms with Gasteiger partial charge in [-0.1, -0.05) is 35.2 Å². The van der Waals surface area contributed by atoms with Crippen LogP contribution in [0.15, 0.2) is 47.4 Å². The molecule has 0 aromatic heterocycles. The highest BCUT2D eigenvalue weighted by Crippen LogP contribution is 2.36. The van der Waals surface area contributed by atoms with Crippen LogP contribution in [0.1, 0.15) is 5.56 Å². The smallest absolute Gasteiger partial charge is 0.298 e. The van der Waals surface area contributed by atoms with Gasteiger partial charge in [0.2, 0.25) is 0 Å². The van der Waals surface area contributed by atoms with Crippen molar-refractivity contribution in [1.82, 2.24) is 0 Å². The molecule has 0 bridgehead atoms. The lowest BCUT2D eigenvalue weighted by Crippen LogP contribution is -2.27. The summed E-state index contributed by atoms with van der Waals surface area (Å²) in [7, 11) is 0. The van der Waals surface area contributed by atoms with E-state index in [9.17, 15) is 9.59 Å². The third-order valence-electron chi connectivity index (χ3n) is 3.44. The van der Waals surface area contributed by atoms with Crippen molar-refractivity contribution in [2.24, 2.45) is 0 Å². The van der Waals surface area contributed by atoms with Crippen molar-refractivity contribution in [1.29, 1.82) is 0 Å². The van der Waals surface area contributed by atoms with Crippen molar-refractivity contribution in [3.8, 4) is 18.1 Å². The van der Waals surface area contributed by atoms with Crippen molar-refractivity contribution in [3.05, 3.63) is 63.0 Å². The number of nitrogens with zero attached hydrogens (tertiary/aromatic N) is 1. The fourth-order valence-corrected chi connectivity index (χ4v) is 3.49. The Hall–Kier alpha value is -2.39. The molecule has 2 amide bonds. The average Bonchev–Trinajstić information content (AvgIpc) is 2.89. The topological polar surface area (TPSA) is 46.6 Å². The number of benzene rings is 2. The van der Waals surface area contributed by atoms with Crippen molar-refractivity contribution < 1.29 is 14.3 Å². The van der Waals surface area contributed by atoms with Gasteiger partial charge in [0.15, 0.2) is 0 Å². The first-order chi connectivity index (χ1) is 12.5. The second-order valence-corrected chi connectivity index (χ2v) is 7.01. The van der Waals surface area contributed by atoms with E-state index in [0.29, 0.717) is 32.0 Å². The van der Waals surface area contributed by atoms with Crippen LogP contribution in [-0.2, 0) is 4.79 Å². The van der Waals surface area contributed by atoms with Gasteiger partial charge >= 0.3 is 0 Å². The standard InChI is InChI=1S/C19H11Cl2NO3S/c1-2-9-25-16-8-3-12(10-15(16)21)11-17-18(23)22(19(24)26-17)14-6-4-13(20)5-7-14/h1,3-8,10-11H,9H2/b17-11+.